The van der Waals surface area contributed by atoms with Crippen LogP contribution in [0.1, 0.15) is 25.1 Å². The molecule has 1 aromatic heterocycles. The molecule has 1 fully saturated rings. The molecule has 1 N–H and O–H groups in total. The lowest BCUT2D eigenvalue weighted by Crippen LogP contribution is -2.46. The van der Waals surface area contributed by atoms with Gasteiger partial charge in [0.25, 0.3) is 0 Å². The molecule has 2 amide bonds. The number of carbonyl (C=O) groups excluding carboxylic acids is 2. The minimum absolute atomic E-state index is 0.0184. The van der Waals surface area contributed by atoms with Crippen LogP contribution in [0.4, 0.5) is 0 Å². The highest BCUT2D eigenvalue weighted by Gasteiger charge is 2.29. The third-order valence-corrected chi connectivity index (χ3v) is 4.12. The molecule has 18 heavy (non-hydrogen) atoms. The summed E-state index contributed by atoms with van der Waals surface area (Å²) in [6.45, 7) is 4.30. The summed E-state index contributed by atoms with van der Waals surface area (Å²) in [6.07, 6.45) is 1.25. The first-order valence-corrected chi connectivity index (χ1v) is 7.08. The van der Waals surface area contributed by atoms with Crippen LogP contribution in [-0.2, 0) is 16.0 Å². The van der Waals surface area contributed by atoms with Crippen LogP contribution in [0.5, 0.6) is 0 Å². The minimum atomic E-state index is -0.411. The Kier molecular flexibility index (Phi) is 4.01. The van der Waals surface area contributed by atoms with Crippen molar-refractivity contribution in [1.82, 2.24) is 10.2 Å². The summed E-state index contributed by atoms with van der Waals surface area (Å²) in [6, 6.07) is 3.82. The summed E-state index contributed by atoms with van der Waals surface area (Å²) in [5.41, 5.74) is 0. The highest BCUT2D eigenvalue weighted by atomic mass is 32.1. The van der Waals surface area contributed by atoms with Crippen molar-refractivity contribution in [3.63, 3.8) is 0 Å². The Balaban J connectivity index is 2.05. The molecule has 0 spiro atoms. The zero-order valence-electron chi connectivity index (χ0n) is 10.7. The molecular weight excluding hydrogens is 248 g/mol. The number of hydrogen-bond donors (Lipinski definition) is 1. The molecule has 1 aliphatic heterocycles. The van der Waals surface area contributed by atoms with Crippen molar-refractivity contribution in [1.29, 1.82) is 0 Å². The molecule has 0 radical (unpaired) electrons. The number of thiophene rings is 1. The quantitative estimate of drug-likeness (QED) is 0.899. The van der Waals surface area contributed by atoms with Crippen molar-refractivity contribution in [2.75, 3.05) is 6.54 Å². The van der Waals surface area contributed by atoms with E-state index >= 15 is 0 Å². The maximum atomic E-state index is 12.2. The van der Waals surface area contributed by atoms with E-state index in [-0.39, 0.29) is 17.9 Å². The second kappa shape index (κ2) is 5.52. The van der Waals surface area contributed by atoms with Gasteiger partial charge in [-0.15, -0.1) is 11.3 Å². The molecule has 98 valence electrons. The first kappa shape index (κ1) is 13.1. The van der Waals surface area contributed by atoms with Crippen LogP contribution in [0.3, 0.4) is 0 Å². The van der Waals surface area contributed by atoms with E-state index in [0.717, 1.165) is 6.42 Å². The van der Waals surface area contributed by atoms with Gasteiger partial charge in [0.05, 0.1) is 0 Å². The average Bonchev–Trinajstić information content (AvgIpc) is 2.77. The number of nitrogens with one attached hydrogen (secondary N) is 1. The van der Waals surface area contributed by atoms with Crippen molar-refractivity contribution in [3.8, 4) is 0 Å². The van der Waals surface area contributed by atoms with E-state index in [9.17, 15) is 9.59 Å². The summed E-state index contributed by atoms with van der Waals surface area (Å²) in [7, 11) is 0. The molecule has 1 saturated heterocycles. The predicted octanol–water partition coefficient (Wildman–Crippen LogP) is 1.42. The van der Waals surface area contributed by atoms with Gasteiger partial charge in [0.1, 0.15) is 6.04 Å². The van der Waals surface area contributed by atoms with Crippen LogP contribution >= 0.6 is 11.3 Å². The Morgan fingerprint density at radius 2 is 2.33 bits per heavy atom. The normalized spacial score (nSPS) is 22.6. The number of hydrogen-bond acceptors (Lipinski definition) is 3. The molecule has 4 nitrogen and oxygen atoms in total. The van der Waals surface area contributed by atoms with Crippen molar-refractivity contribution in [2.24, 2.45) is 0 Å². The Labute approximate surface area is 111 Å². The second-order valence-corrected chi connectivity index (χ2v) is 5.74. The van der Waals surface area contributed by atoms with E-state index in [1.54, 1.807) is 18.3 Å². The van der Waals surface area contributed by atoms with Crippen molar-refractivity contribution in [3.05, 3.63) is 22.4 Å². The summed E-state index contributed by atoms with van der Waals surface area (Å²) < 4.78 is 0. The van der Waals surface area contributed by atoms with Crippen molar-refractivity contribution in [2.45, 2.75) is 38.8 Å². The van der Waals surface area contributed by atoms with Crippen LogP contribution < -0.4 is 5.32 Å². The predicted molar refractivity (Wildman–Crippen MR) is 71.4 cm³/mol. The molecule has 1 aliphatic rings. The molecule has 1 aromatic rings. The van der Waals surface area contributed by atoms with Crippen LogP contribution in [0, 0.1) is 0 Å². The lowest BCUT2D eigenvalue weighted by molar-refractivity contribution is -0.134. The van der Waals surface area contributed by atoms with E-state index in [1.807, 2.05) is 23.3 Å². The van der Waals surface area contributed by atoms with Crippen LogP contribution in [0.2, 0.25) is 0 Å². The Hall–Kier alpha value is -1.36. The van der Waals surface area contributed by atoms with Gasteiger partial charge in [0.2, 0.25) is 11.8 Å². The SMILES string of the molecule is CC1NC(=O)CCN(C(C)Cc2cccs2)C1=O. The van der Waals surface area contributed by atoms with E-state index in [4.69, 9.17) is 0 Å². The Bertz CT molecular complexity index is 430. The maximum Gasteiger partial charge on any atom is 0.245 e. The first-order valence-electron chi connectivity index (χ1n) is 6.20. The van der Waals surface area contributed by atoms with Gasteiger partial charge >= 0.3 is 0 Å². The summed E-state index contributed by atoms with van der Waals surface area (Å²) in [5, 5.41) is 4.75. The molecule has 0 bridgehead atoms. The van der Waals surface area contributed by atoms with Gasteiger partial charge in [0.15, 0.2) is 0 Å². The Morgan fingerprint density at radius 1 is 1.56 bits per heavy atom. The molecule has 0 aromatic carbocycles. The van der Waals surface area contributed by atoms with Gasteiger partial charge < -0.3 is 10.2 Å². The van der Waals surface area contributed by atoms with E-state index in [1.165, 1.54) is 4.88 Å². The van der Waals surface area contributed by atoms with Crippen LogP contribution in [0.15, 0.2) is 17.5 Å². The third kappa shape index (κ3) is 2.90. The van der Waals surface area contributed by atoms with E-state index < -0.39 is 6.04 Å². The lowest BCUT2D eigenvalue weighted by Gasteiger charge is -2.28. The lowest BCUT2D eigenvalue weighted by atomic mass is 10.1. The molecule has 0 saturated carbocycles. The molecule has 5 heteroatoms. The number of amides is 2. The monoisotopic (exact) mass is 266 g/mol. The first-order chi connectivity index (χ1) is 8.58. The summed E-state index contributed by atoms with van der Waals surface area (Å²) in [4.78, 5) is 26.7. The fourth-order valence-electron chi connectivity index (χ4n) is 2.22. The van der Waals surface area contributed by atoms with E-state index in [0.29, 0.717) is 13.0 Å². The van der Waals surface area contributed by atoms with Gasteiger partial charge in [-0.1, -0.05) is 6.07 Å². The highest BCUT2D eigenvalue weighted by Crippen LogP contribution is 2.16. The van der Waals surface area contributed by atoms with Crippen molar-refractivity contribution < 1.29 is 9.59 Å². The summed E-state index contributed by atoms with van der Waals surface area (Å²) in [5.74, 6) is -0.0217. The molecular formula is C13H18N2O2S. The molecule has 2 unspecified atom stereocenters. The van der Waals surface area contributed by atoms with Crippen LogP contribution in [0.25, 0.3) is 0 Å². The van der Waals surface area contributed by atoms with Crippen molar-refractivity contribution >= 4 is 23.2 Å². The molecule has 2 heterocycles. The van der Waals surface area contributed by atoms with Crippen LogP contribution in [-0.4, -0.2) is 35.3 Å². The number of carbonyl (C=O) groups is 2. The van der Waals surface area contributed by atoms with E-state index in [2.05, 4.69) is 11.4 Å². The highest BCUT2D eigenvalue weighted by molar-refractivity contribution is 7.09. The van der Waals surface area contributed by atoms with Gasteiger partial charge in [0, 0.05) is 30.3 Å². The van der Waals surface area contributed by atoms with Gasteiger partial charge in [-0.3, -0.25) is 9.59 Å². The number of nitrogens with zero attached hydrogens (tertiary/aromatic N) is 1. The fourth-order valence-corrected chi connectivity index (χ4v) is 3.05. The number of rotatable bonds is 3. The molecule has 0 aliphatic carbocycles. The smallest absolute Gasteiger partial charge is 0.245 e. The standard InChI is InChI=1S/C13H18N2O2S/c1-9(8-11-4-3-7-18-11)15-6-5-12(16)14-10(2)13(15)17/h3-4,7,9-10H,5-6,8H2,1-2H3,(H,14,16). The Morgan fingerprint density at radius 3 is 3.00 bits per heavy atom. The third-order valence-electron chi connectivity index (χ3n) is 3.22. The molecule has 2 rings (SSSR count). The largest absolute Gasteiger partial charge is 0.345 e. The fraction of sp³-hybridized carbons (Fsp3) is 0.538. The van der Waals surface area contributed by atoms with Gasteiger partial charge in [-0.05, 0) is 25.3 Å². The maximum absolute atomic E-state index is 12.2. The molecule has 2 atom stereocenters. The van der Waals surface area contributed by atoms with Gasteiger partial charge in [-0.2, -0.15) is 0 Å². The second-order valence-electron chi connectivity index (χ2n) is 4.70. The zero-order chi connectivity index (χ0) is 13.1. The average molecular weight is 266 g/mol. The van der Waals surface area contributed by atoms with Gasteiger partial charge in [-0.25, -0.2) is 0 Å². The minimum Gasteiger partial charge on any atom is -0.345 e. The topological polar surface area (TPSA) is 49.4 Å². The summed E-state index contributed by atoms with van der Waals surface area (Å²) >= 11 is 1.70. The zero-order valence-corrected chi connectivity index (χ0v) is 11.5.